The Balaban J connectivity index is 1.75. The van der Waals surface area contributed by atoms with Gasteiger partial charge in [0.05, 0.1) is 4.90 Å². The van der Waals surface area contributed by atoms with Crippen LogP contribution >= 0.6 is 0 Å². The van der Waals surface area contributed by atoms with Crippen LogP contribution in [0.4, 0.5) is 0 Å². The molecule has 6 heteroatoms. The quantitative estimate of drug-likeness (QED) is 0.871. The number of hydrogen-bond acceptors (Lipinski definition) is 3. The van der Waals surface area contributed by atoms with Gasteiger partial charge in [-0.15, -0.1) is 0 Å². The average Bonchev–Trinajstić information content (AvgIpc) is 2.94. The highest BCUT2D eigenvalue weighted by Crippen LogP contribution is 2.25. The molecule has 1 saturated heterocycles. The third-order valence-electron chi connectivity index (χ3n) is 5.73. The van der Waals surface area contributed by atoms with Crippen LogP contribution in [0, 0.1) is 5.92 Å². The lowest BCUT2D eigenvalue weighted by atomic mass is 9.86. The number of amides is 1. The van der Waals surface area contributed by atoms with Gasteiger partial charge < -0.3 is 5.32 Å². The molecule has 3 rings (SSSR count). The molecule has 0 radical (unpaired) electrons. The van der Waals surface area contributed by atoms with Crippen LogP contribution < -0.4 is 5.32 Å². The molecule has 0 spiro atoms. The SMILES string of the molecule is CC1CCCCC1NC(=O)c1cccc(S(=O)(=O)N2CCCCCC2)c1. The lowest BCUT2D eigenvalue weighted by Gasteiger charge is -2.29. The molecule has 1 aromatic carbocycles. The number of carbonyl (C=O) groups excluding carboxylic acids is 1. The highest BCUT2D eigenvalue weighted by atomic mass is 32.2. The number of nitrogens with one attached hydrogen (secondary N) is 1. The molecule has 1 aromatic rings. The van der Waals surface area contributed by atoms with E-state index in [0.717, 1.165) is 44.9 Å². The Morgan fingerprint density at radius 1 is 1.04 bits per heavy atom. The van der Waals surface area contributed by atoms with Gasteiger partial charge in [0.25, 0.3) is 5.91 Å². The first-order chi connectivity index (χ1) is 12.5. The highest BCUT2D eigenvalue weighted by Gasteiger charge is 2.27. The Bertz CT molecular complexity index is 724. The zero-order valence-electron chi connectivity index (χ0n) is 15.6. The van der Waals surface area contributed by atoms with Crippen molar-refractivity contribution in [2.45, 2.75) is 69.2 Å². The van der Waals surface area contributed by atoms with Crippen molar-refractivity contribution in [3.05, 3.63) is 29.8 Å². The molecule has 2 fully saturated rings. The van der Waals surface area contributed by atoms with Crippen LogP contribution in [0.2, 0.25) is 0 Å². The number of carbonyl (C=O) groups is 1. The summed E-state index contributed by atoms with van der Waals surface area (Å²) in [6.07, 6.45) is 8.45. The van der Waals surface area contributed by atoms with Gasteiger partial charge in [0.1, 0.15) is 0 Å². The molecule has 1 aliphatic heterocycles. The van der Waals surface area contributed by atoms with Gasteiger partial charge in [0.2, 0.25) is 10.0 Å². The van der Waals surface area contributed by atoms with Gasteiger partial charge in [-0.1, -0.05) is 38.7 Å². The molecule has 1 N–H and O–H groups in total. The molecule has 144 valence electrons. The third-order valence-corrected chi connectivity index (χ3v) is 7.62. The number of benzene rings is 1. The predicted octanol–water partition coefficient (Wildman–Crippen LogP) is 3.56. The van der Waals surface area contributed by atoms with E-state index >= 15 is 0 Å². The molecule has 2 atom stereocenters. The first-order valence-corrected chi connectivity index (χ1v) is 11.3. The van der Waals surface area contributed by atoms with E-state index in [1.807, 2.05) is 0 Å². The van der Waals surface area contributed by atoms with Gasteiger partial charge in [0.15, 0.2) is 0 Å². The lowest BCUT2D eigenvalue weighted by Crippen LogP contribution is -2.41. The smallest absolute Gasteiger partial charge is 0.251 e. The van der Waals surface area contributed by atoms with E-state index < -0.39 is 10.0 Å². The van der Waals surface area contributed by atoms with Gasteiger partial charge in [0, 0.05) is 24.7 Å². The molecule has 1 heterocycles. The van der Waals surface area contributed by atoms with Crippen molar-refractivity contribution in [1.82, 2.24) is 9.62 Å². The molecule has 0 bridgehead atoms. The minimum atomic E-state index is -3.53. The summed E-state index contributed by atoms with van der Waals surface area (Å²) in [7, 11) is -3.53. The summed E-state index contributed by atoms with van der Waals surface area (Å²) in [4.78, 5) is 12.9. The second-order valence-electron chi connectivity index (χ2n) is 7.69. The topological polar surface area (TPSA) is 66.5 Å². The van der Waals surface area contributed by atoms with E-state index in [4.69, 9.17) is 0 Å². The summed E-state index contributed by atoms with van der Waals surface area (Å²) in [5, 5.41) is 3.11. The van der Waals surface area contributed by atoms with Crippen LogP contribution in [0.25, 0.3) is 0 Å². The van der Waals surface area contributed by atoms with Gasteiger partial charge >= 0.3 is 0 Å². The van der Waals surface area contributed by atoms with Crippen molar-refractivity contribution < 1.29 is 13.2 Å². The van der Waals surface area contributed by atoms with E-state index in [-0.39, 0.29) is 16.8 Å². The molecular formula is C20H30N2O3S. The lowest BCUT2D eigenvalue weighted by molar-refractivity contribution is 0.0910. The largest absolute Gasteiger partial charge is 0.349 e. The van der Waals surface area contributed by atoms with Crippen LogP contribution in [-0.4, -0.2) is 37.8 Å². The van der Waals surface area contributed by atoms with Gasteiger partial charge in [-0.05, 0) is 49.8 Å². The van der Waals surface area contributed by atoms with Gasteiger partial charge in [-0.2, -0.15) is 4.31 Å². The van der Waals surface area contributed by atoms with Crippen LogP contribution in [0.15, 0.2) is 29.2 Å². The Morgan fingerprint density at radius 3 is 2.42 bits per heavy atom. The summed E-state index contributed by atoms with van der Waals surface area (Å²) in [6, 6.07) is 6.68. The van der Waals surface area contributed by atoms with Crippen molar-refractivity contribution in [3.8, 4) is 0 Å². The summed E-state index contributed by atoms with van der Waals surface area (Å²) in [6.45, 7) is 3.31. The molecular weight excluding hydrogens is 348 g/mol. The molecule has 1 amide bonds. The predicted molar refractivity (Wildman–Crippen MR) is 103 cm³/mol. The minimum Gasteiger partial charge on any atom is -0.349 e. The first-order valence-electron chi connectivity index (χ1n) is 9.89. The van der Waals surface area contributed by atoms with Crippen molar-refractivity contribution >= 4 is 15.9 Å². The summed E-state index contributed by atoms with van der Waals surface area (Å²) in [5.74, 6) is 0.299. The van der Waals surface area contributed by atoms with Crippen molar-refractivity contribution in [2.75, 3.05) is 13.1 Å². The van der Waals surface area contributed by atoms with Crippen LogP contribution in [-0.2, 0) is 10.0 Å². The normalized spacial score (nSPS) is 25.4. The van der Waals surface area contributed by atoms with Crippen LogP contribution in [0.3, 0.4) is 0 Å². The summed E-state index contributed by atoms with van der Waals surface area (Å²) in [5.41, 5.74) is 0.429. The fourth-order valence-corrected chi connectivity index (χ4v) is 5.57. The third kappa shape index (κ3) is 4.46. The van der Waals surface area contributed by atoms with Gasteiger partial charge in [-0.3, -0.25) is 4.79 Å². The average molecular weight is 379 g/mol. The van der Waals surface area contributed by atoms with E-state index in [1.54, 1.807) is 22.5 Å². The van der Waals surface area contributed by atoms with E-state index in [2.05, 4.69) is 12.2 Å². The second kappa shape index (κ2) is 8.53. The fourth-order valence-electron chi connectivity index (χ4n) is 4.01. The van der Waals surface area contributed by atoms with Crippen LogP contribution in [0.1, 0.15) is 68.6 Å². The number of hydrogen-bond donors (Lipinski definition) is 1. The maximum Gasteiger partial charge on any atom is 0.251 e. The molecule has 1 saturated carbocycles. The fraction of sp³-hybridized carbons (Fsp3) is 0.650. The maximum atomic E-state index is 13.0. The summed E-state index contributed by atoms with van der Waals surface area (Å²) < 4.78 is 27.5. The molecule has 2 unspecified atom stereocenters. The summed E-state index contributed by atoms with van der Waals surface area (Å²) >= 11 is 0. The zero-order chi connectivity index (χ0) is 18.6. The molecule has 1 aliphatic carbocycles. The number of rotatable bonds is 4. The van der Waals surface area contributed by atoms with E-state index in [1.165, 1.54) is 12.5 Å². The molecule has 5 nitrogen and oxygen atoms in total. The van der Waals surface area contributed by atoms with Crippen LogP contribution in [0.5, 0.6) is 0 Å². The Morgan fingerprint density at radius 2 is 1.73 bits per heavy atom. The Hall–Kier alpha value is -1.40. The number of nitrogens with zero attached hydrogens (tertiary/aromatic N) is 1. The zero-order valence-corrected chi connectivity index (χ0v) is 16.4. The standard InChI is InChI=1S/C20H30N2O3S/c1-16-9-4-5-12-19(16)21-20(23)17-10-8-11-18(15-17)26(24,25)22-13-6-2-3-7-14-22/h8,10-11,15-16,19H,2-7,9,12-14H2,1H3,(H,21,23). The monoisotopic (exact) mass is 378 g/mol. The van der Waals surface area contributed by atoms with E-state index in [0.29, 0.717) is 24.6 Å². The van der Waals surface area contributed by atoms with Gasteiger partial charge in [-0.25, -0.2) is 8.42 Å². The molecule has 26 heavy (non-hydrogen) atoms. The molecule has 2 aliphatic rings. The number of sulfonamides is 1. The highest BCUT2D eigenvalue weighted by molar-refractivity contribution is 7.89. The first kappa shape index (κ1) is 19.4. The van der Waals surface area contributed by atoms with Crippen molar-refractivity contribution in [1.29, 1.82) is 0 Å². The second-order valence-corrected chi connectivity index (χ2v) is 9.63. The maximum absolute atomic E-state index is 13.0. The van der Waals surface area contributed by atoms with Crippen molar-refractivity contribution in [2.24, 2.45) is 5.92 Å². The Labute approximate surface area is 157 Å². The molecule has 0 aromatic heterocycles. The van der Waals surface area contributed by atoms with Crippen molar-refractivity contribution in [3.63, 3.8) is 0 Å². The Kier molecular flexibility index (Phi) is 6.35. The van der Waals surface area contributed by atoms with E-state index in [9.17, 15) is 13.2 Å². The minimum absolute atomic E-state index is 0.170.